The van der Waals surface area contributed by atoms with Crippen LogP contribution in [0.5, 0.6) is 0 Å². The van der Waals surface area contributed by atoms with Crippen molar-refractivity contribution in [1.82, 2.24) is 4.90 Å². The highest BCUT2D eigenvalue weighted by molar-refractivity contribution is 8.15. The molecule has 1 unspecified atom stereocenters. The van der Waals surface area contributed by atoms with Gasteiger partial charge in [0.15, 0.2) is 5.17 Å². The molecule has 0 bridgehead atoms. The van der Waals surface area contributed by atoms with E-state index in [0.717, 1.165) is 11.1 Å². The molecule has 0 radical (unpaired) electrons. The average Bonchev–Trinajstić information content (AvgIpc) is 3.06. The molecule has 32 heavy (non-hydrogen) atoms. The van der Waals surface area contributed by atoms with Crippen LogP contribution >= 0.6 is 35.0 Å². The molecule has 1 heterocycles. The Kier molecular flexibility index (Phi) is 6.84. The van der Waals surface area contributed by atoms with Crippen LogP contribution in [0, 0.1) is 0 Å². The maximum atomic E-state index is 13.3. The summed E-state index contributed by atoms with van der Waals surface area (Å²) in [6, 6.07) is 21.3. The molecule has 1 saturated heterocycles. The Morgan fingerprint density at radius 2 is 1.69 bits per heavy atom. The zero-order valence-corrected chi connectivity index (χ0v) is 19.1. The van der Waals surface area contributed by atoms with Gasteiger partial charge in [-0.15, -0.1) is 0 Å². The number of hydrogen-bond acceptors (Lipinski definition) is 4. The molecule has 1 atom stereocenters. The van der Waals surface area contributed by atoms with Crippen LogP contribution < -0.4 is 0 Å². The first-order valence-electron chi connectivity index (χ1n) is 9.78. The van der Waals surface area contributed by atoms with Crippen LogP contribution in [0.2, 0.25) is 10.0 Å². The Morgan fingerprint density at radius 3 is 2.34 bits per heavy atom. The van der Waals surface area contributed by atoms with Gasteiger partial charge < -0.3 is 5.11 Å². The van der Waals surface area contributed by atoms with Crippen LogP contribution in [0.15, 0.2) is 77.8 Å². The molecule has 162 valence electrons. The predicted molar refractivity (Wildman–Crippen MR) is 129 cm³/mol. The normalized spacial score (nSPS) is 17.2. The fourth-order valence-corrected chi connectivity index (χ4v) is 4.83. The number of amidine groups is 1. The van der Waals surface area contributed by atoms with Crippen LogP contribution in [-0.2, 0) is 17.8 Å². The summed E-state index contributed by atoms with van der Waals surface area (Å²) in [5, 5.41) is 10.2. The van der Waals surface area contributed by atoms with Crippen molar-refractivity contribution in [1.29, 1.82) is 0 Å². The van der Waals surface area contributed by atoms with Crippen molar-refractivity contribution in [2.24, 2.45) is 4.99 Å². The van der Waals surface area contributed by atoms with Crippen molar-refractivity contribution in [3.63, 3.8) is 0 Å². The number of nitrogens with zero attached hydrogens (tertiary/aromatic N) is 2. The number of rotatable bonds is 6. The maximum absolute atomic E-state index is 13.3. The summed E-state index contributed by atoms with van der Waals surface area (Å²) in [7, 11) is 0. The van der Waals surface area contributed by atoms with Crippen molar-refractivity contribution in [2.45, 2.75) is 18.2 Å². The van der Waals surface area contributed by atoms with E-state index in [1.165, 1.54) is 23.9 Å². The summed E-state index contributed by atoms with van der Waals surface area (Å²) in [5.74, 6) is -1.03. The molecule has 1 amide bonds. The van der Waals surface area contributed by atoms with Crippen molar-refractivity contribution in [2.75, 3.05) is 0 Å². The molecule has 0 aliphatic carbocycles. The molecule has 8 heteroatoms. The maximum Gasteiger partial charge on any atom is 0.335 e. The van der Waals surface area contributed by atoms with Gasteiger partial charge in [-0.3, -0.25) is 9.69 Å². The van der Waals surface area contributed by atoms with Crippen LogP contribution in [0.3, 0.4) is 0 Å². The van der Waals surface area contributed by atoms with E-state index in [0.29, 0.717) is 33.9 Å². The highest BCUT2D eigenvalue weighted by Crippen LogP contribution is 2.34. The lowest BCUT2D eigenvalue weighted by Gasteiger charge is -2.16. The highest BCUT2D eigenvalue weighted by Gasteiger charge is 2.38. The van der Waals surface area contributed by atoms with E-state index in [9.17, 15) is 9.59 Å². The molecule has 4 rings (SSSR count). The van der Waals surface area contributed by atoms with Crippen LogP contribution in [0.1, 0.15) is 21.5 Å². The molecular weight excluding hydrogens is 467 g/mol. The van der Waals surface area contributed by atoms with E-state index >= 15 is 0 Å². The van der Waals surface area contributed by atoms with Crippen LogP contribution in [0.25, 0.3) is 0 Å². The molecule has 0 spiro atoms. The number of amides is 1. The number of hydrogen-bond donors (Lipinski definition) is 1. The minimum absolute atomic E-state index is 0.0363. The van der Waals surface area contributed by atoms with Crippen molar-refractivity contribution in [3.05, 3.63) is 99.5 Å². The van der Waals surface area contributed by atoms with Gasteiger partial charge in [-0.25, -0.2) is 9.79 Å². The summed E-state index contributed by atoms with van der Waals surface area (Å²) in [4.78, 5) is 30.7. The number of carboxylic acids is 1. The standard InChI is InChI=1S/C24H18Cl2N2O3S/c25-19-11-6-16(12-20(19)26)13-21-22(29)28(14-15-4-2-1-3-5-15)24(32-21)27-18-9-7-17(8-10-18)23(30)31/h1-12,21H,13-14H2,(H,30,31). The highest BCUT2D eigenvalue weighted by atomic mass is 35.5. The third kappa shape index (κ3) is 5.15. The molecular formula is C24H18Cl2N2O3S. The monoisotopic (exact) mass is 484 g/mol. The predicted octanol–water partition coefficient (Wildman–Crippen LogP) is 6.07. The molecule has 3 aromatic carbocycles. The smallest absolute Gasteiger partial charge is 0.335 e. The molecule has 5 nitrogen and oxygen atoms in total. The molecule has 3 aromatic rings. The number of carboxylic acid groups (broad SMARTS) is 1. The van der Waals surface area contributed by atoms with E-state index in [1.807, 2.05) is 36.4 Å². The molecule has 0 saturated carbocycles. The van der Waals surface area contributed by atoms with Gasteiger partial charge >= 0.3 is 5.97 Å². The molecule has 1 N–H and O–H groups in total. The Hall–Kier alpha value is -2.80. The summed E-state index contributed by atoms with van der Waals surface area (Å²) < 4.78 is 0. The molecule has 1 fully saturated rings. The second-order valence-electron chi connectivity index (χ2n) is 7.22. The topological polar surface area (TPSA) is 70.0 Å². The molecule has 0 aromatic heterocycles. The summed E-state index contributed by atoms with van der Waals surface area (Å²) in [6.07, 6.45) is 0.489. The quantitative estimate of drug-likeness (QED) is 0.461. The van der Waals surface area contributed by atoms with E-state index in [2.05, 4.69) is 4.99 Å². The minimum Gasteiger partial charge on any atom is -0.478 e. The van der Waals surface area contributed by atoms with Crippen molar-refractivity contribution in [3.8, 4) is 0 Å². The Labute approximate surface area is 199 Å². The first kappa shape index (κ1) is 22.4. The minimum atomic E-state index is -0.998. The Bertz CT molecular complexity index is 1180. The van der Waals surface area contributed by atoms with Gasteiger partial charge in [0.1, 0.15) is 0 Å². The van der Waals surface area contributed by atoms with Gasteiger partial charge in [0.25, 0.3) is 0 Å². The first-order chi connectivity index (χ1) is 15.4. The van der Waals surface area contributed by atoms with Crippen LogP contribution in [0.4, 0.5) is 5.69 Å². The van der Waals surface area contributed by atoms with Gasteiger partial charge in [-0.05, 0) is 53.9 Å². The average molecular weight is 485 g/mol. The number of carbonyl (C=O) groups excluding carboxylic acids is 1. The van der Waals surface area contributed by atoms with Gasteiger partial charge in [0, 0.05) is 0 Å². The second kappa shape index (κ2) is 9.77. The van der Waals surface area contributed by atoms with Crippen LogP contribution in [-0.4, -0.2) is 32.3 Å². The van der Waals surface area contributed by atoms with E-state index in [-0.39, 0.29) is 16.7 Å². The zero-order chi connectivity index (χ0) is 22.7. The van der Waals surface area contributed by atoms with Gasteiger partial charge in [-0.1, -0.05) is 71.4 Å². The second-order valence-corrected chi connectivity index (χ2v) is 9.20. The van der Waals surface area contributed by atoms with E-state index < -0.39 is 5.97 Å². The molecule has 1 aliphatic heterocycles. The fraction of sp³-hybridized carbons (Fsp3) is 0.125. The Balaban J connectivity index is 1.62. The van der Waals surface area contributed by atoms with Gasteiger partial charge in [0.2, 0.25) is 5.91 Å². The summed E-state index contributed by atoms with van der Waals surface area (Å²) >= 11 is 13.5. The number of carbonyl (C=O) groups is 2. The third-order valence-corrected chi connectivity index (χ3v) is 6.86. The number of halogens is 2. The number of aliphatic imine (C=N–C) groups is 1. The largest absolute Gasteiger partial charge is 0.478 e. The number of benzene rings is 3. The lowest BCUT2D eigenvalue weighted by atomic mass is 10.1. The zero-order valence-electron chi connectivity index (χ0n) is 16.7. The SMILES string of the molecule is O=C(O)c1ccc(N=C2SC(Cc3ccc(Cl)c(Cl)c3)C(=O)N2Cc2ccccc2)cc1. The van der Waals surface area contributed by atoms with E-state index in [4.69, 9.17) is 28.3 Å². The van der Waals surface area contributed by atoms with Gasteiger partial charge in [-0.2, -0.15) is 0 Å². The Morgan fingerprint density at radius 1 is 0.969 bits per heavy atom. The van der Waals surface area contributed by atoms with Gasteiger partial charge in [0.05, 0.1) is 33.1 Å². The fourth-order valence-electron chi connectivity index (χ4n) is 3.31. The van der Waals surface area contributed by atoms with Crippen molar-refractivity contribution < 1.29 is 14.7 Å². The number of thioether (sulfide) groups is 1. The molecule has 1 aliphatic rings. The summed E-state index contributed by atoms with van der Waals surface area (Å²) in [5.41, 5.74) is 2.67. The van der Waals surface area contributed by atoms with E-state index in [1.54, 1.807) is 29.2 Å². The lowest BCUT2D eigenvalue weighted by Crippen LogP contribution is -2.32. The summed E-state index contributed by atoms with van der Waals surface area (Å²) in [6.45, 7) is 0.399. The van der Waals surface area contributed by atoms with Crippen molar-refractivity contribution >= 4 is 57.7 Å². The first-order valence-corrected chi connectivity index (χ1v) is 11.4. The third-order valence-electron chi connectivity index (χ3n) is 4.95. The lowest BCUT2D eigenvalue weighted by molar-refractivity contribution is -0.126. The number of aromatic carboxylic acids is 1.